The summed E-state index contributed by atoms with van der Waals surface area (Å²) in [7, 11) is 0. The molecule has 1 aliphatic heterocycles. The van der Waals surface area contributed by atoms with Gasteiger partial charge >= 0.3 is 0 Å². The van der Waals surface area contributed by atoms with Crippen molar-refractivity contribution >= 4 is 34.6 Å². The van der Waals surface area contributed by atoms with E-state index in [-0.39, 0.29) is 16.8 Å². The fourth-order valence-electron chi connectivity index (χ4n) is 2.59. The molecule has 0 spiro atoms. The van der Waals surface area contributed by atoms with Gasteiger partial charge in [-0.2, -0.15) is 0 Å². The van der Waals surface area contributed by atoms with Gasteiger partial charge in [0.1, 0.15) is 5.69 Å². The van der Waals surface area contributed by atoms with Crippen molar-refractivity contribution in [1.29, 1.82) is 0 Å². The Morgan fingerprint density at radius 2 is 1.90 bits per heavy atom. The summed E-state index contributed by atoms with van der Waals surface area (Å²) in [5, 5.41) is 11.7. The molecule has 2 N–H and O–H groups in total. The van der Waals surface area contributed by atoms with Crippen LogP contribution >= 0.6 is 23.2 Å². The van der Waals surface area contributed by atoms with Gasteiger partial charge in [0.05, 0.1) is 15.0 Å². The number of piperidine rings is 1. The fourth-order valence-corrected chi connectivity index (χ4v) is 2.91. The van der Waals surface area contributed by atoms with Crippen molar-refractivity contribution in [3.63, 3.8) is 0 Å². The molecule has 1 aliphatic rings. The maximum absolute atomic E-state index is 11.2. The molecule has 20 heavy (non-hydrogen) atoms. The zero-order chi connectivity index (χ0) is 14.9. The standard InChI is InChI=1S/C13H17Cl2N3O2/c1-8(16)9-2-4-17(5-3-9)12-6-10(14)11(15)7-13(12)18(19)20/h6-9H,2-5,16H2,1H3. The van der Waals surface area contributed by atoms with Crippen LogP contribution in [-0.2, 0) is 0 Å². The molecule has 110 valence electrons. The molecular weight excluding hydrogens is 301 g/mol. The minimum Gasteiger partial charge on any atom is -0.366 e. The summed E-state index contributed by atoms with van der Waals surface area (Å²) in [6.07, 6.45) is 1.85. The lowest BCUT2D eigenvalue weighted by molar-refractivity contribution is -0.384. The fraction of sp³-hybridized carbons (Fsp3) is 0.538. The van der Waals surface area contributed by atoms with Crippen molar-refractivity contribution in [3.8, 4) is 0 Å². The number of hydrogen-bond donors (Lipinski definition) is 1. The molecule has 1 atom stereocenters. The summed E-state index contributed by atoms with van der Waals surface area (Å²) < 4.78 is 0. The summed E-state index contributed by atoms with van der Waals surface area (Å²) in [5.41, 5.74) is 6.44. The third kappa shape index (κ3) is 3.16. The lowest BCUT2D eigenvalue weighted by Crippen LogP contribution is -2.39. The van der Waals surface area contributed by atoms with E-state index in [2.05, 4.69) is 0 Å². The zero-order valence-corrected chi connectivity index (χ0v) is 12.7. The van der Waals surface area contributed by atoms with Crippen molar-refractivity contribution in [2.45, 2.75) is 25.8 Å². The number of nitro benzene ring substituents is 1. The number of benzene rings is 1. The van der Waals surface area contributed by atoms with Gasteiger partial charge in [0.25, 0.3) is 5.69 Å². The monoisotopic (exact) mass is 317 g/mol. The summed E-state index contributed by atoms with van der Waals surface area (Å²) >= 11 is 11.8. The first-order valence-electron chi connectivity index (χ1n) is 6.54. The van der Waals surface area contributed by atoms with Crippen molar-refractivity contribution < 1.29 is 4.92 Å². The van der Waals surface area contributed by atoms with Gasteiger partial charge in [-0.15, -0.1) is 0 Å². The van der Waals surface area contributed by atoms with Crippen LogP contribution in [0.25, 0.3) is 0 Å². The maximum atomic E-state index is 11.2. The van der Waals surface area contributed by atoms with Crippen LogP contribution < -0.4 is 10.6 Å². The first-order chi connectivity index (χ1) is 9.40. The van der Waals surface area contributed by atoms with Crippen LogP contribution in [0.3, 0.4) is 0 Å². The Morgan fingerprint density at radius 3 is 2.40 bits per heavy atom. The minimum absolute atomic E-state index is 0.00125. The second-order valence-electron chi connectivity index (χ2n) is 5.20. The Kier molecular flexibility index (Phi) is 4.73. The molecule has 0 aromatic heterocycles. The van der Waals surface area contributed by atoms with Crippen LogP contribution in [0.1, 0.15) is 19.8 Å². The second kappa shape index (κ2) is 6.16. The van der Waals surface area contributed by atoms with E-state index in [1.54, 1.807) is 6.07 Å². The Hall–Kier alpha value is -1.04. The van der Waals surface area contributed by atoms with Crippen molar-refractivity contribution in [1.82, 2.24) is 0 Å². The Bertz CT molecular complexity index is 515. The average Bonchev–Trinajstić information content (AvgIpc) is 2.41. The molecule has 5 nitrogen and oxygen atoms in total. The first kappa shape index (κ1) is 15.4. The minimum atomic E-state index is -0.421. The van der Waals surface area contributed by atoms with Crippen LogP contribution in [0, 0.1) is 16.0 Å². The van der Waals surface area contributed by atoms with Crippen LogP contribution in [0.5, 0.6) is 0 Å². The molecule has 1 aromatic carbocycles. The lowest BCUT2D eigenvalue weighted by Gasteiger charge is -2.34. The number of rotatable bonds is 3. The molecule has 0 radical (unpaired) electrons. The van der Waals surface area contributed by atoms with E-state index in [0.717, 1.165) is 25.9 Å². The average molecular weight is 318 g/mol. The number of hydrogen-bond acceptors (Lipinski definition) is 4. The SMILES string of the molecule is CC(N)C1CCN(c2cc(Cl)c(Cl)cc2[N+](=O)[O-])CC1. The van der Waals surface area contributed by atoms with Crippen LogP contribution in [0.15, 0.2) is 12.1 Å². The summed E-state index contributed by atoms with van der Waals surface area (Å²) in [5.74, 6) is 0.466. The van der Waals surface area contributed by atoms with Crippen molar-refractivity contribution in [2.24, 2.45) is 11.7 Å². The molecule has 0 saturated carbocycles. The normalized spacial score (nSPS) is 18.1. The topological polar surface area (TPSA) is 72.4 Å². The number of nitrogens with two attached hydrogens (primary N) is 1. The Labute approximate surface area is 127 Å². The lowest BCUT2D eigenvalue weighted by atomic mass is 9.90. The molecule has 0 aliphatic carbocycles. The first-order valence-corrected chi connectivity index (χ1v) is 7.29. The molecular formula is C13H17Cl2N3O2. The van der Waals surface area contributed by atoms with E-state index in [1.807, 2.05) is 11.8 Å². The molecule has 0 amide bonds. The van der Waals surface area contributed by atoms with Crippen molar-refractivity contribution in [2.75, 3.05) is 18.0 Å². The van der Waals surface area contributed by atoms with E-state index in [9.17, 15) is 10.1 Å². The van der Waals surface area contributed by atoms with Gasteiger partial charge in [-0.25, -0.2) is 0 Å². The van der Waals surface area contributed by atoms with Gasteiger partial charge in [-0.1, -0.05) is 23.2 Å². The smallest absolute Gasteiger partial charge is 0.294 e. The highest BCUT2D eigenvalue weighted by atomic mass is 35.5. The molecule has 1 unspecified atom stereocenters. The largest absolute Gasteiger partial charge is 0.366 e. The van der Waals surface area contributed by atoms with Gasteiger partial charge in [0.15, 0.2) is 0 Å². The van der Waals surface area contributed by atoms with Gasteiger partial charge in [-0.05, 0) is 31.7 Å². The predicted molar refractivity (Wildman–Crippen MR) is 81.7 cm³/mol. The molecule has 1 fully saturated rings. The zero-order valence-electron chi connectivity index (χ0n) is 11.2. The summed E-state index contributed by atoms with van der Waals surface area (Å²) in [6.45, 7) is 3.48. The summed E-state index contributed by atoms with van der Waals surface area (Å²) in [6, 6.07) is 3.05. The molecule has 1 aromatic rings. The number of halogens is 2. The van der Waals surface area contributed by atoms with Gasteiger partial charge in [0, 0.05) is 25.2 Å². The van der Waals surface area contributed by atoms with E-state index in [0.29, 0.717) is 16.6 Å². The third-order valence-corrected chi connectivity index (χ3v) is 4.56. The van der Waals surface area contributed by atoms with Gasteiger partial charge in [0.2, 0.25) is 0 Å². The molecule has 7 heteroatoms. The Morgan fingerprint density at radius 1 is 1.35 bits per heavy atom. The predicted octanol–water partition coefficient (Wildman–Crippen LogP) is 3.47. The van der Waals surface area contributed by atoms with E-state index in [1.165, 1.54) is 6.07 Å². The number of nitro groups is 1. The van der Waals surface area contributed by atoms with Crippen molar-refractivity contribution in [3.05, 3.63) is 32.3 Å². The quantitative estimate of drug-likeness (QED) is 0.684. The third-order valence-electron chi connectivity index (χ3n) is 3.84. The van der Waals surface area contributed by atoms with Crippen LogP contribution in [0.2, 0.25) is 10.0 Å². The van der Waals surface area contributed by atoms with E-state index < -0.39 is 4.92 Å². The van der Waals surface area contributed by atoms with E-state index >= 15 is 0 Å². The molecule has 1 saturated heterocycles. The maximum Gasteiger partial charge on any atom is 0.294 e. The highest BCUT2D eigenvalue weighted by Gasteiger charge is 2.27. The van der Waals surface area contributed by atoms with Gasteiger partial charge in [-0.3, -0.25) is 10.1 Å². The number of anilines is 1. The van der Waals surface area contributed by atoms with Gasteiger partial charge < -0.3 is 10.6 Å². The molecule has 1 heterocycles. The van der Waals surface area contributed by atoms with Crippen LogP contribution in [-0.4, -0.2) is 24.1 Å². The Balaban J connectivity index is 2.25. The molecule has 0 bridgehead atoms. The highest BCUT2D eigenvalue weighted by Crippen LogP contribution is 2.38. The highest BCUT2D eigenvalue weighted by molar-refractivity contribution is 6.42. The second-order valence-corrected chi connectivity index (χ2v) is 6.01. The number of nitrogens with zero attached hydrogens (tertiary/aromatic N) is 2. The van der Waals surface area contributed by atoms with Crippen LogP contribution in [0.4, 0.5) is 11.4 Å². The molecule has 2 rings (SSSR count). The van der Waals surface area contributed by atoms with E-state index in [4.69, 9.17) is 28.9 Å². The summed E-state index contributed by atoms with van der Waals surface area (Å²) in [4.78, 5) is 12.7.